The quantitative estimate of drug-likeness (QED) is 0.311. The van der Waals surface area contributed by atoms with Crippen LogP contribution in [-0.4, -0.2) is 93.0 Å². The van der Waals surface area contributed by atoms with Gasteiger partial charge in [-0.15, -0.1) is 0 Å². The van der Waals surface area contributed by atoms with E-state index in [9.17, 15) is 14.7 Å². The Hall–Kier alpha value is -3.90. The lowest BCUT2D eigenvalue weighted by Crippen LogP contribution is -2.43. The molecule has 4 atom stereocenters. The van der Waals surface area contributed by atoms with Gasteiger partial charge >= 0.3 is 0 Å². The molecule has 2 saturated heterocycles. The number of aliphatic hydroxyl groups excluding tert-OH is 1. The smallest absolute Gasteiger partial charge is 0.276 e. The van der Waals surface area contributed by atoms with Crippen molar-refractivity contribution in [2.45, 2.75) is 89.3 Å². The van der Waals surface area contributed by atoms with Crippen LogP contribution in [0.5, 0.6) is 5.88 Å². The van der Waals surface area contributed by atoms with Crippen LogP contribution in [0.25, 0.3) is 0 Å². The second-order valence-electron chi connectivity index (χ2n) is 12.9. The number of aromatic nitrogens is 2. The molecule has 0 unspecified atom stereocenters. The zero-order valence-corrected chi connectivity index (χ0v) is 26.1. The monoisotopic (exact) mass is 617 g/mol. The minimum atomic E-state index is -0.919. The molecular formula is C33H43N7O5. The fraction of sp³-hybridized carbons (Fsp3) is 0.576. The van der Waals surface area contributed by atoms with Crippen molar-refractivity contribution in [1.82, 2.24) is 19.8 Å². The summed E-state index contributed by atoms with van der Waals surface area (Å²) in [5.41, 5.74) is -0.308. The normalized spacial score (nSPS) is 29.2. The number of carbonyl (C=O) groups excluding carboxylic acids is 2. The lowest BCUT2D eigenvalue weighted by molar-refractivity contribution is -0.131. The van der Waals surface area contributed by atoms with Gasteiger partial charge in [-0.1, -0.05) is 6.42 Å². The van der Waals surface area contributed by atoms with Gasteiger partial charge in [-0.25, -0.2) is 4.98 Å². The van der Waals surface area contributed by atoms with Crippen LogP contribution in [0.2, 0.25) is 0 Å². The number of aliphatic hydroxyl groups is 1. The summed E-state index contributed by atoms with van der Waals surface area (Å²) in [5, 5.41) is 32.2. The van der Waals surface area contributed by atoms with Crippen LogP contribution in [0, 0.1) is 16.2 Å². The third-order valence-electron chi connectivity index (χ3n) is 10.0. The molecule has 1 spiro atoms. The zero-order chi connectivity index (χ0) is 31.7. The molecule has 1 aromatic rings. The van der Waals surface area contributed by atoms with Gasteiger partial charge in [-0.2, -0.15) is 4.98 Å². The molecule has 3 fully saturated rings. The van der Waals surface area contributed by atoms with Crippen molar-refractivity contribution < 1.29 is 24.2 Å². The van der Waals surface area contributed by atoms with Gasteiger partial charge < -0.3 is 24.8 Å². The number of ketones is 1. The van der Waals surface area contributed by atoms with Crippen molar-refractivity contribution in [2.75, 3.05) is 32.1 Å². The molecule has 5 aliphatic rings. The third kappa shape index (κ3) is 6.05. The standard InChI is InChI=1S/C33H43N7O5/c1-20(24-8-6-14-39(24)2)45-27-17-26(36-18-21-10-15-40(32(43)28(21)34)22-11-16-44-19-22)37-31(38-27)29(35)23-7-5-13-33(30(23)42)12-4-3-9-25(33)41/h10,15,17-18,20,22,24,34-35,42H,3-9,11-14,16,19H2,1-2H3,(H,36,37,38)/b21-18-,34-28?,35-29?/t20-,22+,24-,33+/m0/s1. The lowest BCUT2D eigenvalue weighted by Gasteiger charge is -2.39. The molecular weight excluding hydrogens is 574 g/mol. The first-order valence-electron chi connectivity index (χ1n) is 16.1. The highest BCUT2D eigenvalue weighted by Crippen LogP contribution is 2.48. The van der Waals surface area contributed by atoms with Gasteiger partial charge in [0.15, 0.2) is 5.82 Å². The van der Waals surface area contributed by atoms with Crippen LogP contribution in [0.3, 0.4) is 0 Å². The Labute approximate surface area is 263 Å². The van der Waals surface area contributed by atoms with E-state index in [2.05, 4.69) is 27.2 Å². The topological polar surface area (TPSA) is 165 Å². The van der Waals surface area contributed by atoms with Gasteiger partial charge in [-0.05, 0) is 78.0 Å². The molecule has 3 aliphatic heterocycles. The summed E-state index contributed by atoms with van der Waals surface area (Å²) in [6, 6.07) is 1.78. The number of likely N-dealkylation sites (tertiary alicyclic amines) is 1. The predicted octanol–water partition coefficient (Wildman–Crippen LogP) is 4.29. The average Bonchev–Trinajstić information content (AvgIpc) is 3.72. The number of nitrogens with one attached hydrogen (secondary N) is 3. The van der Waals surface area contributed by atoms with E-state index in [1.807, 2.05) is 6.92 Å². The van der Waals surface area contributed by atoms with Crippen LogP contribution >= 0.6 is 0 Å². The molecule has 1 aromatic heterocycles. The molecule has 0 radical (unpaired) electrons. The Balaban J connectivity index is 1.30. The lowest BCUT2D eigenvalue weighted by atomic mass is 9.64. The minimum Gasteiger partial charge on any atom is -0.511 e. The van der Waals surface area contributed by atoms with Crippen molar-refractivity contribution in [3.8, 4) is 5.88 Å². The summed E-state index contributed by atoms with van der Waals surface area (Å²) < 4.78 is 11.7. The molecule has 4 N–H and O–H groups in total. The number of allylic oxidation sites excluding steroid dienone is 3. The molecule has 12 nitrogen and oxygen atoms in total. The van der Waals surface area contributed by atoms with Crippen LogP contribution in [-0.2, 0) is 14.3 Å². The molecule has 1 amide bonds. The number of anilines is 1. The zero-order valence-electron chi connectivity index (χ0n) is 26.1. The molecule has 240 valence electrons. The maximum absolute atomic E-state index is 13.1. The van der Waals surface area contributed by atoms with Gasteiger partial charge in [0.2, 0.25) is 5.88 Å². The van der Waals surface area contributed by atoms with Crippen LogP contribution in [0.15, 0.2) is 41.4 Å². The minimum absolute atomic E-state index is 0.00697. The van der Waals surface area contributed by atoms with Gasteiger partial charge in [-0.3, -0.25) is 25.3 Å². The van der Waals surface area contributed by atoms with Crippen molar-refractivity contribution in [2.24, 2.45) is 5.41 Å². The Morgan fingerprint density at radius 2 is 2.02 bits per heavy atom. The number of likely N-dealkylation sites (N-methyl/N-ethyl adjacent to an activating group) is 1. The molecule has 4 heterocycles. The van der Waals surface area contributed by atoms with E-state index < -0.39 is 11.3 Å². The first-order valence-corrected chi connectivity index (χ1v) is 16.1. The van der Waals surface area contributed by atoms with Crippen molar-refractivity contribution in [3.05, 3.63) is 47.3 Å². The van der Waals surface area contributed by atoms with Gasteiger partial charge in [0.25, 0.3) is 5.91 Å². The number of amides is 1. The van der Waals surface area contributed by atoms with Crippen LogP contribution < -0.4 is 10.1 Å². The van der Waals surface area contributed by atoms with Crippen LogP contribution in [0.4, 0.5) is 5.82 Å². The number of ether oxygens (including phenoxy) is 2. The summed E-state index contributed by atoms with van der Waals surface area (Å²) >= 11 is 0. The SMILES string of the molecule is C[C@H](Oc1cc(N/C=C2/C=CN([C@@H]3CCOC3)C(=O)C2=N)nc(C(=N)C2=C(O)[C@]3(CCCCC3=O)CCC2)n1)[C@@H]1CCCN1C. The molecule has 0 aromatic carbocycles. The van der Waals surface area contributed by atoms with E-state index >= 15 is 0 Å². The number of carbonyl (C=O) groups is 2. The first kappa shape index (κ1) is 31.1. The van der Waals surface area contributed by atoms with Crippen molar-refractivity contribution in [3.63, 3.8) is 0 Å². The highest BCUT2D eigenvalue weighted by molar-refractivity contribution is 6.45. The predicted molar refractivity (Wildman–Crippen MR) is 169 cm³/mol. The molecule has 45 heavy (non-hydrogen) atoms. The van der Waals surface area contributed by atoms with E-state index in [-0.39, 0.29) is 52.9 Å². The second kappa shape index (κ2) is 12.8. The Kier molecular flexibility index (Phi) is 8.87. The first-order chi connectivity index (χ1) is 21.7. The largest absolute Gasteiger partial charge is 0.511 e. The van der Waals surface area contributed by atoms with Crippen molar-refractivity contribution >= 4 is 28.9 Å². The summed E-state index contributed by atoms with van der Waals surface area (Å²) in [6.45, 7) is 4.05. The van der Waals surface area contributed by atoms with Crippen molar-refractivity contribution in [1.29, 1.82) is 10.8 Å². The Morgan fingerprint density at radius 3 is 2.76 bits per heavy atom. The molecule has 2 aliphatic carbocycles. The highest BCUT2D eigenvalue weighted by Gasteiger charge is 2.47. The van der Waals surface area contributed by atoms with Gasteiger partial charge in [0.1, 0.15) is 34.9 Å². The number of hydrogen-bond acceptors (Lipinski definition) is 11. The highest BCUT2D eigenvalue weighted by atomic mass is 16.5. The third-order valence-corrected chi connectivity index (χ3v) is 10.0. The summed E-state index contributed by atoms with van der Waals surface area (Å²) in [5.74, 6) is 0.312. The van der Waals surface area contributed by atoms with Crippen LogP contribution in [0.1, 0.15) is 77.0 Å². The van der Waals surface area contributed by atoms with Gasteiger partial charge in [0.05, 0.1) is 18.1 Å². The molecule has 0 bridgehead atoms. The van der Waals surface area contributed by atoms with E-state index in [1.54, 1.807) is 29.4 Å². The molecule has 12 heteroatoms. The van der Waals surface area contributed by atoms with E-state index in [0.717, 1.165) is 38.6 Å². The fourth-order valence-electron chi connectivity index (χ4n) is 7.41. The molecule has 1 saturated carbocycles. The summed E-state index contributed by atoms with van der Waals surface area (Å²) in [7, 11) is 2.08. The number of Topliss-reactive ketones (excluding diaryl/α,β-unsaturated/α-hetero) is 1. The number of rotatable bonds is 8. The maximum atomic E-state index is 13.1. The number of hydrogen-bond donors (Lipinski definition) is 4. The summed E-state index contributed by atoms with van der Waals surface area (Å²) in [6.07, 6.45) is 12.1. The summed E-state index contributed by atoms with van der Waals surface area (Å²) in [4.78, 5) is 39.0. The number of nitrogens with zero attached hydrogens (tertiary/aromatic N) is 4. The maximum Gasteiger partial charge on any atom is 0.276 e. The second-order valence-corrected chi connectivity index (χ2v) is 12.9. The Bertz CT molecular complexity index is 1480. The van der Waals surface area contributed by atoms with E-state index in [4.69, 9.17) is 20.3 Å². The van der Waals surface area contributed by atoms with Gasteiger partial charge in [0, 0.05) is 48.7 Å². The van der Waals surface area contributed by atoms with E-state index in [0.29, 0.717) is 62.3 Å². The fourth-order valence-corrected chi connectivity index (χ4v) is 7.41. The average molecular weight is 618 g/mol. The Morgan fingerprint density at radius 1 is 1.20 bits per heavy atom. The van der Waals surface area contributed by atoms with E-state index in [1.165, 1.54) is 0 Å². The molecule has 6 rings (SSSR count).